The summed E-state index contributed by atoms with van der Waals surface area (Å²) in [6.45, 7) is 5.68. The average molecular weight is 216 g/mol. The molecule has 2 radical (unpaired) electrons. The van der Waals surface area contributed by atoms with E-state index in [1.54, 1.807) is 6.08 Å². The van der Waals surface area contributed by atoms with Crippen LogP contribution in [0.2, 0.25) is 0 Å². The average Bonchev–Trinajstić information content (AvgIpc) is 2.78. The molecule has 0 nitrogen and oxygen atoms in total. The SMILES string of the molecule is [CH]/C=C1/C=C(c2ccccc2)c2ccccc21. The molecule has 1 aliphatic carbocycles. The predicted molar refractivity (Wildman–Crippen MR) is 72.2 cm³/mol. The summed E-state index contributed by atoms with van der Waals surface area (Å²) in [4.78, 5) is 0. The molecule has 80 valence electrons. The summed E-state index contributed by atoms with van der Waals surface area (Å²) in [5.41, 5.74) is 6.05. The summed E-state index contributed by atoms with van der Waals surface area (Å²) in [6.07, 6.45) is 3.83. The topological polar surface area (TPSA) is 0 Å². The Morgan fingerprint density at radius 1 is 0.765 bits per heavy atom. The van der Waals surface area contributed by atoms with Gasteiger partial charge < -0.3 is 0 Å². The minimum absolute atomic E-state index is 1.10. The van der Waals surface area contributed by atoms with Gasteiger partial charge in [0.25, 0.3) is 0 Å². The van der Waals surface area contributed by atoms with E-state index in [0.717, 1.165) is 5.57 Å². The van der Waals surface area contributed by atoms with Crippen molar-refractivity contribution < 1.29 is 0 Å². The lowest BCUT2D eigenvalue weighted by molar-refractivity contribution is 1.55. The van der Waals surface area contributed by atoms with Gasteiger partial charge in [-0.25, -0.2) is 0 Å². The molecule has 17 heavy (non-hydrogen) atoms. The van der Waals surface area contributed by atoms with Crippen molar-refractivity contribution in [1.82, 2.24) is 0 Å². The third-order valence-electron chi connectivity index (χ3n) is 3.09. The zero-order valence-electron chi connectivity index (χ0n) is 9.43. The van der Waals surface area contributed by atoms with Gasteiger partial charge in [0.2, 0.25) is 0 Å². The molecule has 0 heterocycles. The molecule has 0 amide bonds. The van der Waals surface area contributed by atoms with E-state index in [9.17, 15) is 0 Å². The van der Waals surface area contributed by atoms with Crippen LogP contribution >= 0.6 is 0 Å². The molecule has 3 rings (SSSR count). The smallest absolute Gasteiger partial charge is 0.00859 e. The van der Waals surface area contributed by atoms with Gasteiger partial charge in [-0.1, -0.05) is 60.7 Å². The lowest BCUT2D eigenvalue weighted by Gasteiger charge is -2.05. The summed E-state index contributed by atoms with van der Waals surface area (Å²) in [6, 6.07) is 18.8. The molecule has 2 aromatic carbocycles. The van der Waals surface area contributed by atoms with Crippen molar-refractivity contribution in [2.24, 2.45) is 0 Å². The van der Waals surface area contributed by atoms with E-state index < -0.39 is 0 Å². The first-order chi connectivity index (χ1) is 8.40. The van der Waals surface area contributed by atoms with Gasteiger partial charge in [-0.2, -0.15) is 0 Å². The van der Waals surface area contributed by atoms with E-state index in [0.29, 0.717) is 0 Å². The largest absolute Gasteiger partial charge is 0.0723 e. The molecule has 0 spiro atoms. The number of rotatable bonds is 1. The fraction of sp³-hybridized carbons (Fsp3) is 0. The molecule has 0 unspecified atom stereocenters. The van der Waals surface area contributed by atoms with Gasteiger partial charge in [0, 0.05) is 0 Å². The number of hydrogen-bond donors (Lipinski definition) is 0. The van der Waals surface area contributed by atoms with E-state index in [4.69, 9.17) is 6.92 Å². The van der Waals surface area contributed by atoms with Crippen LogP contribution in [0.3, 0.4) is 0 Å². The van der Waals surface area contributed by atoms with E-state index in [-0.39, 0.29) is 0 Å². The fourth-order valence-corrected chi connectivity index (χ4v) is 2.28. The van der Waals surface area contributed by atoms with Crippen LogP contribution in [0.25, 0.3) is 11.1 Å². The molecule has 0 saturated carbocycles. The van der Waals surface area contributed by atoms with Gasteiger partial charge in [0.05, 0.1) is 0 Å². The molecule has 1 aliphatic rings. The van der Waals surface area contributed by atoms with Crippen LogP contribution in [0.4, 0.5) is 0 Å². The van der Waals surface area contributed by atoms with Gasteiger partial charge in [0.15, 0.2) is 0 Å². The molecule has 0 heteroatoms. The Hall–Kier alpha value is -2.08. The summed E-state index contributed by atoms with van der Waals surface area (Å²) >= 11 is 0. The Balaban J connectivity index is 2.21. The van der Waals surface area contributed by atoms with Crippen molar-refractivity contribution in [3.8, 4) is 0 Å². The van der Waals surface area contributed by atoms with Crippen LogP contribution in [0.5, 0.6) is 0 Å². The summed E-state index contributed by atoms with van der Waals surface area (Å²) in [5.74, 6) is 0. The van der Waals surface area contributed by atoms with Crippen molar-refractivity contribution in [1.29, 1.82) is 0 Å². The monoisotopic (exact) mass is 216 g/mol. The minimum atomic E-state index is 1.10. The zero-order chi connectivity index (χ0) is 11.7. The maximum Gasteiger partial charge on any atom is -0.00859 e. The molecule has 0 bridgehead atoms. The summed E-state index contributed by atoms with van der Waals surface area (Å²) in [5, 5.41) is 0. The number of benzene rings is 2. The molecular weight excluding hydrogens is 204 g/mol. The quantitative estimate of drug-likeness (QED) is 0.669. The van der Waals surface area contributed by atoms with Crippen molar-refractivity contribution in [2.45, 2.75) is 0 Å². The van der Waals surface area contributed by atoms with Crippen molar-refractivity contribution in [2.75, 3.05) is 0 Å². The van der Waals surface area contributed by atoms with Crippen LogP contribution in [0.15, 0.2) is 66.7 Å². The van der Waals surface area contributed by atoms with Gasteiger partial charge in [-0.3, -0.25) is 0 Å². The molecule has 0 aromatic heterocycles. The maximum absolute atomic E-state index is 5.68. The third kappa shape index (κ3) is 1.62. The highest BCUT2D eigenvalue weighted by atomic mass is 14.2. The molecule has 0 atom stereocenters. The Morgan fingerprint density at radius 2 is 1.41 bits per heavy atom. The van der Waals surface area contributed by atoms with E-state index >= 15 is 0 Å². The van der Waals surface area contributed by atoms with Crippen LogP contribution in [0.1, 0.15) is 16.7 Å². The fourth-order valence-electron chi connectivity index (χ4n) is 2.28. The van der Waals surface area contributed by atoms with E-state index in [1.165, 1.54) is 22.3 Å². The lowest BCUT2D eigenvalue weighted by Crippen LogP contribution is -1.85. The molecule has 2 aromatic rings. The van der Waals surface area contributed by atoms with Crippen molar-refractivity contribution >= 4 is 11.1 Å². The van der Waals surface area contributed by atoms with Gasteiger partial charge in [-0.15, -0.1) is 0 Å². The van der Waals surface area contributed by atoms with E-state index in [1.807, 2.05) is 12.1 Å². The normalized spacial score (nSPS) is 15.8. The molecule has 0 aliphatic heterocycles. The van der Waals surface area contributed by atoms with E-state index in [2.05, 4.69) is 48.5 Å². The molecular formula is C17H12. The number of hydrogen-bond acceptors (Lipinski definition) is 0. The second-order valence-electron chi connectivity index (χ2n) is 4.09. The van der Waals surface area contributed by atoms with Crippen LogP contribution in [-0.4, -0.2) is 0 Å². The number of allylic oxidation sites excluding steroid dienone is 3. The highest BCUT2D eigenvalue weighted by Crippen LogP contribution is 2.38. The first-order valence-corrected chi connectivity index (χ1v) is 5.69. The molecule has 0 N–H and O–H groups in total. The zero-order valence-corrected chi connectivity index (χ0v) is 9.43. The Morgan fingerprint density at radius 3 is 2.12 bits per heavy atom. The maximum atomic E-state index is 5.68. The standard InChI is InChI=1S/C17H12/c1-2-13-12-17(14-8-4-3-5-9-14)16-11-7-6-10-15(13)16/h1-12H/b13-2-. The van der Waals surface area contributed by atoms with Crippen LogP contribution in [-0.2, 0) is 0 Å². The summed E-state index contributed by atoms with van der Waals surface area (Å²) in [7, 11) is 0. The molecule has 0 saturated heterocycles. The Kier molecular flexibility index (Phi) is 2.41. The third-order valence-corrected chi connectivity index (χ3v) is 3.09. The highest BCUT2D eigenvalue weighted by molar-refractivity contribution is 6.00. The molecule has 0 fully saturated rings. The van der Waals surface area contributed by atoms with Crippen molar-refractivity contribution in [3.63, 3.8) is 0 Å². The summed E-state index contributed by atoms with van der Waals surface area (Å²) < 4.78 is 0. The van der Waals surface area contributed by atoms with Crippen LogP contribution < -0.4 is 0 Å². The van der Waals surface area contributed by atoms with Crippen molar-refractivity contribution in [3.05, 3.63) is 90.4 Å². The van der Waals surface area contributed by atoms with Gasteiger partial charge in [0.1, 0.15) is 0 Å². The lowest BCUT2D eigenvalue weighted by atomic mass is 9.99. The highest BCUT2D eigenvalue weighted by Gasteiger charge is 2.17. The minimum Gasteiger partial charge on any atom is -0.0723 e. The second kappa shape index (κ2) is 4.06. The second-order valence-corrected chi connectivity index (χ2v) is 4.09. The first kappa shape index (κ1) is 10.1. The Labute approximate surface area is 102 Å². The Bertz CT molecular complexity index is 601. The van der Waals surface area contributed by atoms with Gasteiger partial charge in [-0.05, 0) is 40.8 Å². The van der Waals surface area contributed by atoms with Gasteiger partial charge >= 0.3 is 0 Å². The first-order valence-electron chi connectivity index (χ1n) is 5.69. The number of fused-ring (bicyclic) bond motifs is 1. The van der Waals surface area contributed by atoms with Crippen LogP contribution in [0, 0.1) is 6.92 Å². The predicted octanol–water partition coefficient (Wildman–Crippen LogP) is 4.23.